The van der Waals surface area contributed by atoms with E-state index in [2.05, 4.69) is 11.1 Å². The fourth-order valence-electron chi connectivity index (χ4n) is 2.63. The van der Waals surface area contributed by atoms with Crippen LogP contribution in [-0.4, -0.2) is 26.3 Å². The first-order chi connectivity index (χ1) is 11.8. The average molecular weight is 321 g/mol. The summed E-state index contributed by atoms with van der Waals surface area (Å²) in [6.07, 6.45) is 5.87. The number of nitrogens with zero attached hydrogens (tertiary/aromatic N) is 1. The quantitative estimate of drug-likeness (QED) is 0.697. The Labute approximate surface area is 141 Å². The second kappa shape index (κ2) is 7.04. The molecule has 0 bridgehead atoms. The van der Waals surface area contributed by atoms with Crippen molar-refractivity contribution in [2.75, 3.05) is 21.3 Å². The van der Waals surface area contributed by atoms with Crippen LogP contribution in [0.2, 0.25) is 0 Å². The molecule has 4 nitrogen and oxygen atoms in total. The van der Waals surface area contributed by atoms with Crippen LogP contribution in [0.5, 0.6) is 17.2 Å². The van der Waals surface area contributed by atoms with Gasteiger partial charge in [0.2, 0.25) is 0 Å². The topological polar surface area (TPSA) is 40.6 Å². The predicted octanol–water partition coefficient (Wildman–Crippen LogP) is 4.43. The van der Waals surface area contributed by atoms with Gasteiger partial charge in [-0.15, -0.1) is 0 Å². The number of fused-ring (bicyclic) bond motifs is 1. The van der Waals surface area contributed by atoms with E-state index in [4.69, 9.17) is 14.2 Å². The first-order valence-corrected chi connectivity index (χ1v) is 7.58. The number of pyridine rings is 1. The normalized spacial score (nSPS) is 11.0. The molecule has 4 heteroatoms. The van der Waals surface area contributed by atoms with E-state index in [1.165, 1.54) is 0 Å². The van der Waals surface area contributed by atoms with Crippen molar-refractivity contribution in [2.45, 2.75) is 0 Å². The lowest BCUT2D eigenvalue weighted by atomic mass is 10.1. The zero-order valence-corrected chi connectivity index (χ0v) is 13.9. The molecule has 0 aliphatic heterocycles. The maximum absolute atomic E-state index is 5.46. The van der Waals surface area contributed by atoms with Crippen LogP contribution in [0.1, 0.15) is 11.1 Å². The van der Waals surface area contributed by atoms with E-state index in [0.29, 0.717) is 11.5 Å². The number of hydrogen-bond acceptors (Lipinski definition) is 4. The van der Waals surface area contributed by atoms with E-state index in [9.17, 15) is 0 Å². The highest BCUT2D eigenvalue weighted by molar-refractivity contribution is 5.90. The summed E-state index contributed by atoms with van der Waals surface area (Å²) in [5.41, 5.74) is 2.98. The molecule has 3 rings (SSSR count). The van der Waals surface area contributed by atoms with Crippen molar-refractivity contribution in [3.63, 3.8) is 0 Å². The van der Waals surface area contributed by atoms with Crippen molar-refractivity contribution in [1.82, 2.24) is 4.98 Å². The summed E-state index contributed by atoms with van der Waals surface area (Å²) in [5, 5.41) is 1.11. The number of ether oxygens (including phenoxy) is 3. The molecule has 0 radical (unpaired) electrons. The van der Waals surface area contributed by atoms with Gasteiger partial charge in [0.25, 0.3) is 0 Å². The van der Waals surface area contributed by atoms with Crippen LogP contribution in [0, 0.1) is 0 Å². The zero-order valence-electron chi connectivity index (χ0n) is 13.9. The molecule has 1 aromatic heterocycles. The lowest BCUT2D eigenvalue weighted by Gasteiger charge is -2.12. The monoisotopic (exact) mass is 321 g/mol. The van der Waals surface area contributed by atoms with Gasteiger partial charge in [0.05, 0.1) is 26.8 Å². The fraction of sp³-hybridized carbons (Fsp3) is 0.150. The standard InChI is InChI=1S/C20H19NO3/c1-22-18-13-20(24-3)19(23-2)12-15(18)9-8-14-10-11-21-17-7-5-4-6-16(14)17/h4-13H,1-3H3/b9-8-. The summed E-state index contributed by atoms with van der Waals surface area (Å²) in [6, 6.07) is 13.8. The number of hydrogen-bond donors (Lipinski definition) is 0. The molecular formula is C20H19NO3. The molecule has 3 aromatic rings. The number of benzene rings is 2. The highest BCUT2D eigenvalue weighted by atomic mass is 16.5. The van der Waals surface area contributed by atoms with Gasteiger partial charge >= 0.3 is 0 Å². The maximum Gasteiger partial charge on any atom is 0.164 e. The Morgan fingerprint density at radius 2 is 1.42 bits per heavy atom. The average Bonchev–Trinajstić information content (AvgIpc) is 2.65. The van der Waals surface area contributed by atoms with Crippen molar-refractivity contribution in [1.29, 1.82) is 0 Å². The van der Waals surface area contributed by atoms with Crippen LogP contribution in [0.15, 0.2) is 48.7 Å². The van der Waals surface area contributed by atoms with Gasteiger partial charge in [-0.2, -0.15) is 0 Å². The van der Waals surface area contributed by atoms with Crippen molar-refractivity contribution in [2.24, 2.45) is 0 Å². The molecule has 1 heterocycles. The molecule has 122 valence electrons. The minimum Gasteiger partial charge on any atom is -0.496 e. The second-order valence-electron chi connectivity index (χ2n) is 5.20. The van der Waals surface area contributed by atoms with Crippen LogP contribution in [0.4, 0.5) is 0 Å². The van der Waals surface area contributed by atoms with Gasteiger partial charge in [0, 0.05) is 23.2 Å². The van der Waals surface area contributed by atoms with Gasteiger partial charge in [-0.1, -0.05) is 30.4 Å². The van der Waals surface area contributed by atoms with Crippen molar-refractivity contribution >= 4 is 23.1 Å². The molecule has 0 spiro atoms. The Kier molecular flexibility index (Phi) is 4.66. The Bertz CT molecular complexity index is 882. The van der Waals surface area contributed by atoms with E-state index in [0.717, 1.165) is 27.8 Å². The predicted molar refractivity (Wildman–Crippen MR) is 96.8 cm³/mol. The maximum atomic E-state index is 5.46. The van der Waals surface area contributed by atoms with Crippen LogP contribution in [0.3, 0.4) is 0 Å². The summed E-state index contributed by atoms with van der Waals surface area (Å²) in [5.74, 6) is 2.03. The highest BCUT2D eigenvalue weighted by Gasteiger charge is 2.10. The Morgan fingerprint density at radius 3 is 2.17 bits per heavy atom. The molecule has 0 saturated carbocycles. The lowest BCUT2D eigenvalue weighted by molar-refractivity contribution is 0.348. The SMILES string of the molecule is COc1cc(OC)c(OC)cc1/C=C\c1ccnc2ccccc12. The summed E-state index contributed by atoms with van der Waals surface area (Å²) < 4.78 is 16.2. The van der Waals surface area contributed by atoms with E-state index in [1.807, 2.05) is 54.7 Å². The smallest absolute Gasteiger partial charge is 0.164 e. The van der Waals surface area contributed by atoms with Crippen LogP contribution in [0.25, 0.3) is 23.1 Å². The van der Waals surface area contributed by atoms with E-state index in [1.54, 1.807) is 21.3 Å². The molecule has 0 atom stereocenters. The van der Waals surface area contributed by atoms with Crippen molar-refractivity contribution < 1.29 is 14.2 Å². The molecule has 0 fully saturated rings. The zero-order chi connectivity index (χ0) is 16.9. The Balaban J connectivity index is 2.05. The summed E-state index contributed by atoms with van der Waals surface area (Å²) in [4.78, 5) is 4.39. The number of para-hydroxylation sites is 1. The third-order valence-corrected chi connectivity index (χ3v) is 3.86. The second-order valence-corrected chi connectivity index (χ2v) is 5.20. The van der Waals surface area contributed by atoms with Gasteiger partial charge in [0.15, 0.2) is 11.5 Å². The Hall–Kier alpha value is -3.01. The van der Waals surface area contributed by atoms with E-state index in [-0.39, 0.29) is 0 Å². The molecule has 0 aliphatic carbocycles. The van der Waals surface area contributed by atoms with Crippen molar-refractivity contribution in [3.8, 4) is 17.2 Å². The molecule has 0 aliphatic rings. The minimum atomic E-state index is 0.640. The minimum absolute atomic E-state index is 0.640. The highest BCUT2D eigenvalue weighted by Crippen LogP contribution is 2.35. The molecule has 2 aromatic carbocycles. The van der Waals surface area contributed by atoms with Gasteiger partial charge in [-0.25, -0.2) is 0 Å². The molecule has 0 N–H and O–H groups in total. The van der Waals surface area contributed by atoms with Gasteiger partial charge < -0.3 is 14.2 Å². The molecule has 24 heavy (non-hydrogen) atoms. The molecular weight excluding hydrogens is 302 g/mol. The summed E-state index contributed by atoms with van der Waals surface area (Å²) in [6.45, 7) is 0. The first-order valence-electron chi connectivity index (χ1n) is 7.58. The molecule has 0 unspecified atom stereocenters. The Morgan fingerprint density at radius 1 is 0.750 bits per heavy atom. The van der Waals surface area contributed by atoms with E-state index >= 15 is 0 Å². The largest absolute Gasteiger partial charge is 0.496 e. The van der Waals surface area contributed by atoms with E-state index < -0.39 is 0 Å². The lowest BCUT2D eigenvalue weighted by Crippen LogP contribution is -1.94. The number of aromatic nitrogens is 1. The molecule has 0 saturated heterocycles. The third-order valence-electron chi connectivity index (χ3n) is 3.86. The molecule has 0 amide bonds. The first kappa shape index (κ1) is 15.9. The number of methoxy groups -OCH3 is 3. The van der Waals surface area contributed by atoms with Crippen LogP contribution < -0.4 is 14.2 Å². The van der Waals surface area contributed by atoms with Gasteiger partial charge in [-0.05, 0) is 23.8 Å². The number of rotatable bonds is 5. The fourth-order valence-corrected chi connectivity index (χ4v) is 2.63. The summed E-state index contributed by atoms with van der Waals surface area (Å²) >= 11 is 0. The third kappa shape index (κ3) is 3.04. The van der Waals surface area contributed by atoms with Gasteiger partial charge in [0.1, 0.15) is 5.75 Å². The summed E-state index contributed by atoms with van der Waals surface area (Å²) in [7, 11) is 4.87. The van der Waals surface area contributed by atoms with Crippen LogP contribution in [-0.2, 0) is 0 Å². The van der Waals surface area contributed by atoms with Crippen molar-refractivity contribution in [3.05, 3.63) is 59.8 Å². The van der Waals surface area contributed by atoms with Crippen LogP contribution >= 0.6 is 0 Å². The van der Waals surface area contributed by atoms with Gasteiger partial charge in [-0.3, -0.25) is 4.98 Å².